The molecule has 0 aliphatic carbocycles. The fourth-order valence-corrected chi connectivity index (χ4v) is 2.42. The molecule has 0 spiro atoms. The Balaban J connectivity index is 2.39. The summed E-state index contributed by atoms with van der Waals surface area (Å²) in [5.74, 6) is -0.615. The monoisotopic (exact) mass is 255 g/mol. The van der Waals surface area contributed by atoms with Crippen molar-refractivity contribution in [1.29, 1.82) is 0 Å². The Bertz CT molecular complexity index is 297. The summed E-state index contributed by atoms with van der Waals surface area (Å²) in [4.78, 5) is 24.8. The number of carboxylic acid groups (broad SMARTS) is 1. The van der Waals surface area contributed by atoms with E-state index in [1.165, 1.54) is 0 Å². The van der Waals surface area contributed by atoms with Gasteiger partial charge >= 0.3 is 5.97 Å². The average Bonchev–Trinajstić information content (AvgIpc) is 2.27. The third-order valence-corrected chi connectivity index (χ3v) is 4.07. The Labute approximate surface area is 109 Å². The normalized spacial score (nSPS) is 19.2. The lowest BCUT2D eigenvalue weighted by atomic mass is 9.85. The van der Waals surface area contributed by atoms with Crippen LogP contribution in [0.4, 0.5) is 0 Å². The first-order chi connectivity index (χ1) is 8.51. The fraction of sp³-hybridized carbons (Fsp3) is 0.857. The Kier molecular flexibility index (Phi) is 5.63. The summed E-state index contributed by atoms with van der Waals surface area (Å²) >= 11 is 0. The van der Waals surface area contributed by atoms with Crippen LogP contribution in [-0.4, -0.2) is 35.0 Å². The second-order valence-electron chi connectivity index (χ2n) is 5.38. The van der Waals surface area contributed by atoms with E-state index >= 15 is 0 Å². The zero-order chi connectivity index (χ0) is 13.7. The third-order valence-electron chi connectivity index (χ3n) is 4.07. The quantitative estimate of drug-likeness (QED) is 0.760. The molecule has 1 aliphatic rings. The topological polar surface area (TPSA) is 57.6 Å². The second-order valence-corrected chi connectivity index (χ2v) is 5.38. The Morgan fingerprint density at radius 2 is 1.94 bits per heavy atom. The van der Waals surface area contributed by atoms with Gasteiger partial charge in [-0.3, -0.25) is 9.59 Å². The smallest absolute Gasteiger partial charge is 0.306 e. The molecule has 1 fully saturated rings. The van der Waals surface area contributed by atoms with Crippen LogP contribution in [0.3, 0.4) is 0 Å². The van der Waals surface area contributed by atoms with Crippen molar-refractivity contribution >= 4 is 11.9 Å². The Morgan fingerprint density at radius 1 is 1.33 bits per heavy atom. The number of hydrogen-bond donors (Lipinski definition) is 1. The Morgan fingerprint density at radius 3 is 2.39 bits per heavy atom. The highest BCUT2D eigenvalue weighted by Gasteiger charge is 2.38. The van der Waals surface area contributed by atoms with Crippen LogP contribution in [0.1, 0.15) is 46.5 Å². The van der Waals surface area contributed by atoms with Crippen molar-refractivity contribution in [1.82, 2.24) is 4.90 Å². The predicted octanol–water partition coefficient (Wildman–Crippen LogP) is 2.38. The number of likely N-dealkylation sites (tertiary alicyclic amines) is 1. The van der Waals surface area contributed by atoms with E-state index in [0.717, 1.165) is 25.7 Å². The molecule has 1 heterocycles. The molecule has 0 aromatic carbocycles. The third kappa shape index (κ3) is 3.47. The van der Waals surface area contributed by atoms with E-state index in [4.69, 9.17) is 5.11 Å². The number of hydrogen-bond acceptors (Lipinski definition) is 2. The SMILES string of the molecule is CCCCC(CC)C(=O)N1CC(C(C)C(=O)O)C1. The largest absolute Gasteiger partial charge is 0.481 e. The average molecular weight is 255 g/mol. The molecular formula is C14H25NO3. The molecule has 0 aromatic heterocycles. The highest BCUT2D eigenvalue weighted by Crippen LogP contribution is 2.27. The summed E-state index contributed by atoms with van der Waals surface area (Å²) in [5.41, 5.74) is 0. The molecule has 1 saturated heterocycles. The molecule has 0 bridgehead atoms. The van der Waals surface area contributed by atoms with E-state index in [0.29, 0.717) is 13.1 Å². The van der Waals surface area contributed by atoms with Crippen LogP contribution in [0, 0.1) is 17.8 Å². The van der Waals surface area contributed by atoms with Gasteiger partial charge in [0.2, 0.25) is 5.91 Å². The first kappa shape index (κ1) is 15.0. The van der Waals surface area contributed by atoms with Crippen LogP contribution in [0.15, 0.2) is 0 Å². The minimum Gasteiger partial charge on any atom is -0.481 e. The number of amides is 1. The molecule has 1 amide bonds. The summed E-state index contributed by atoms with van der Waals surface area (Å²) in [6.45, 7) is 7.15. The van der Waals surface area contributed by atoms with Gasteiger partial charge in [-0.2, -0.15) is 0 Å². The van der Waals surface area contributed by atoms with Crippen molar-refractivity contribution < 1.29 is 14.7 Å². The molecule has 18 heavy (non-hydrogen) atoms. The van der Waals surface area contributed by atoms with Crippen LogP contribution in [0.2, 0.25) is 0 Å². The van der Waals surface area contributed by atoms with Gasteiger partial charge in [0, 0.05) is 24.9 Å². The minimum atomic E-state index is -0.759. The Hall–Kier alpha value is -1.06. The maximum Gasteiger partial charge on any atom is 0.306 e. The van der Waals surface area contributed by atoms with Crippen molar-refractivity contribution in [3.63, 3.8) is 0 Å². The predicted molar refractivity (Wildman–Crippen MR) is 70.2 cm³/mol. The van der Waals surface area contributed by atoms with E-state index in [1.54, 1.807) is 6.92 Å². The van der Waals surface area contributed by atoms with Gasteiger partial charge in [-0.25, -0.2) is 0 Å². The number of rotatable bonds is 7. The number of carboxylic acids is 1. The molecular weight excluding hydrogens is 230 g/mol. The lowest BCUT2D eigenvalue weighted by molar-refractivity contribution is -0.152. The zero-order valence-corrected chi connectivity index (χ0v) is 11.7. The summed E-state index contributed by atoms with van der Waals surface area (Å²) in [6, 6.07) is 0. The molecule has 2 atom stereocenters. The second kappa shape index (κ2) is 6.76. The molecule has 104 valence electrons. The van der Waals surface area contributed by atoms with Gasteiger partial charge in [0.05, 0.1) is 5.92 Å². The van der Waals surface area contributed by atoms with Crippen molar-refractivity contribution in [2.75, 3.05) is 13.1 Å². The molecule has 4 nitrogen and oxygen atoms in total. The van der Waals surface area contributed by atoms with Crippen molar-refractivity contribution in [2.24, 2.45) is 17.8 Å². The maximum absolute atomic E-state index is 12.2. The maximum atomic E-state index is 12.2. The number of nitrogens with zero attached hydrogens (tertiary/aromatic N) is 1. The van der Waals surface area contributed by atoms with Gasteiger partial charge in [-0.1, -0.05) is 33.6 Å². The number of carbonyl (C=O) groups excluding carboxylic acids is 1. The van der Waals surface area contributed by atoms with Gasteiger partial charge in [0.25, 0.3) is 0 Å². The van der Waals surface area contributed by atoms with Crippen LogP contribution < -0.4 is 0 Å². The lowest BCUT2D eigenvalue weighted by Crippen LogP contribution is -2.55. The minimum absolute atomic E-state index is 0.131. The van der Waals surface area contributed by atoms with Gasteiger partial charge in [-0.15, -0.1) is 0 Å². The van der Waals surface area contributed by atoms with Crippen LogP contribution in [0.5, 0.6) is 0 Å². The van der Waals surface area contributed by atoms with Crippen LogP contribution in [-0.2, 0) is 9.59 Å². The highest BCUT2D eigenvalue weighted by molar-refractivity contribution is 5.80. The number of aliphatic carboxylic acids is 1. The van der Waals surface area contributed by atoms with Crippen LogP contribution >= 0.6 is 0 Å². The molecule has 0 radical (unpaired) electrons. The first-order valence-corrected chi connectivity index (χ1v) is 7.02. The van der Waals surface area contributed by atoms with Gasteiger partial charge < -0.3 is 10.0 Å². The fourth-order valence-electron chi connectivity index (χ4n) is 2.42. The van der Waals surface area contributed by atoms with E-state index in [2.05, 4.69) is 13.8 Å². The van der Waals surface area contributed by atoms with Crippen LogP contribution in [0.25, 0.3) is 0 Å². The summed E-state index contributed by atoms with van der Waals surface area (Å²) < 4.78 is 0. The molecule has 1 rings (SSSR count). The van der Waals surface area contributed by atoms with E-state index in [1.807, 2.05) is 4.90 Å². The van der Waals surface area contributed by atoms with Crippen molar-refractivity contribution in [3.05, 3.63) is 0 Å². The number of unbranched alkanes of at least 4 members (excludes halogenated alkanes) is 1. The van der Waals surface area contributed by atoms with Gasteiger partial charge in [0.1, 0.15) is 0 Å². The zero-order valence-electron chi connectivity index (χ0n) is 11.7. The van der Waals surface area contributed by atoms with E-state index in [9.17, 15) is 9.59 Å². The standard InChI is InChI=1S/C14H25NO3/c1-4-6-7-11(5-2)13(16)15-8-12(9-15)10(3)14(17)18/h10-12H,4-9H2,1-3H3,(H,17,18). The molecule has 4 heteroatoms. The molecule has 0 aromatic rings. The number of carbonyl (C=O) groups is 2. The lowest BCUT2D eigenvalue weighted by Gasteiger charge is -2.42. The molecule has 1 aliphatic heterocycles. The van der Waals surface area contributed by atoms with Crippen molar-refractivity contribution in [2.45, 2.75) is 46.5 Å². The van der Waals surface area contributed by atoms with Gasteiger partial charge in [-0.05, 0) is 12.8 Å². The molecule has 0 saturated carbocycles. The molecule has 2 unspecified atom stereocenters. The summed E-state index contributed by atoms with van der Waals surface area (Å²) in [5, 5.41) is 8.91. The first-order valence-electron chi connectivity index (χ1n) is 7.02. The highest BCUT2D eigenvalue weighted by atomic mass is 16.4. The van der Waals surface area contributed by atoms with Crippen molar-refractivity contribution in [3.8, 4) is 0 Å². The molecule has 1 N–H and O–H groups in total. The van der Waals surface area contributed by atoms with E-state index < -0.39 is 5.97 Å². The van der Waals surface area contributed by atoms with Gasteiger partial charge in [0.15, 0.2) is 0 Å². The van der Waals surface area contributed by atoms with E-state index in [-0.39, 0.29) is 23.7 Å². The summed E-state index contributed by atoms with van der Waals surface area (Å²) in [6.07, 6.45) is 4.05. The summed E-state index contributed by atoms with van der Waals surface area (Å²) in [7, 11) is 0.